The van der Waals surface area contributed by atoms with Gasteiger partial charge in [0.2, 0.25) is 0 Å². The Bertz CT molecular complexity index is 1020. The molecular weight excluding hydrogens is 709 g/mol. The molecule has 55 heavy (non-hydrogen) atoms. The molecule has 0 spiro atoms. The normalized spacial score (nSPS) is 14.2. The SMILES string of the molecule is CCCC/C=C\C/C=C\CCCCCCCCOCC(COP(=O)(O)OCC[N+](C)(C)C)OC(=O)CCCCCCCCC/C=C\C/C=C\CCCCCC. The average molecular weight is 797 g/mol. The van der Waals surface area contributed by atoms with Crippen molar-refractivity contribution in [2.75, 3.05) is 54.1 Å². The number of carbonyl (C=O) groups is 1. The molecule has 9 heteroatoms. The predicted octanol–water partition coefficient (Wildman–Crippen LogP) is 13.2. The fraction of sp³-hybridized carbons (Fsp3) is 0.804. The van der Waals surface area contributed by atoms with Crippen LogP contribution in [0.15, 0.2) is 48.6 Å². The number of esters is 1. The molecule has 322 valence electrons. The van der Waals surface area contributed by atoms with E-state index in [9.17, 15) is 14.3 Å². The van der Waals surface area contributed by atoms with Gasteiger partial charge in [-0.15, -0.1) is 0 Å². The number of likely N-dealkylation sites (N-methyl/N-ethyl adjacent to an activating group) is 1. The zero-order valence-electron chi connectivity index (χ0n) is 36.4. The lowest BCUT2D eigenvalue weighted by molar-refractivity contribution is -0.870. The Balaban J connectivity index is 4.26. The summed E-state index contributed by atoms with van der Waals surface area (Å²) in [6.45, 7) is 5.53. The lowest BCUT2D eigenvalue weighted by Gasteiger charge is -2.24. The van der Waals surface area contributed by atoms with Crippen LogP contribution in [-0.2, 0) is 27.9 Å². The van der Waals surface area contributed by atoms with Gasteiger partial charge >= 0.3 is 13.8 Å². The Hall–Kier alpha value is -1.54. The Morgan fingerprint density at radius 3 is 1.53 bits per heavy atom. The lowest BCUT2D eigenvalue weighted by atomic mass is 10.1. The minimum atomic E-state index is -4.28. The molecule has 0 aromatic heterocycles. The number of quaternary nitrogens is 1. The Morgan fingerprint density at radius 2 is 1.02 bits per heavy atom. The van der Waals surface area contributed by atoms with Crippen LogP contribution < -0.4 is 0 Å². The van der Waals surface area contributed by atoms with Gasteiger partial charge in [0.25, 0.3) is 0 Å². The molecule has 0 amide bonds. The molecule has 2 unspecified atom stereocenters. The van der Waals surface area contributed by atoms with Gasteiger partial charge in [0.05, 0.1) is 34.4 Å². The summed E-state index contributed by atoms with van der Waals surface area (Å²) in [4.78, 5) is 22.9. The average Bonchev–Trinajstić information content (AvgIpc) is 3.13. The van der Waals surface area contributed by atoms with E-state index in [0.717, 1.165) is 57.8 Å². The lowest BCUT2D eigenvalue weighted by Crippen LogP contribution is -2.37. The molecule has 8 nitrogen and oxygen atoms in total. The summed E-state index contributed by atoms with van der Waals surface area (Å²) in [6.07, 6.45) is 47.1. The van der Waals surface area contributed by atoms with Gasteiger partial charge in [-0.1, -0.05) is 152 Å². The van der Waals surface area contributed by atoms with E-state index >= 15 is 0 Å². The van der Waals surface area contributed by atoms with Crippen LogP contribution in [0.2, 0.25) is 0 Å². The number of allylic oxidation sites excluding steroid dienone is 8. The number of hydrogen-bond donors (Lipinski definition) is 1. The van der Waals surface area contributed by atoms with Crippen molar-refractivity contribution in [2.24, 2.45) is 0 Å². The number of carbonyl (C=O) groups excluding carboxylic acids is 1. The first kappa shape index (κ1) is 53.5. The maximum absolute atomic E-state index is 12.7. The number of phosphoric acid groups is 1. The second-order valence-electron chi connectivity index (χ2n) is 16.1. The quantitative estimate of drug-likeness (QED) is 0.0217. The van der Waals surface area contributed by atoms with Crippen molar-refractivity contribution < 1.29 is 37.3 Å². The molecule has 0 heterocycles. The number of ether oxygens (including phenoxy) is 2. The van der Waals surface area contributed by atoms with Gasteiger partial charge in [0, 0.05) is 13.0 Å². The van der Waals surface area contributed by atoms with Crippen molar-refractivity contribution in [3.63, 3.8) is 0 Å². The number of unbranched alkanes of at least 4 members (excludes halogenated alkanes) is 19. The molecule has 0 fully saturated rings. The number of hydrogen-bond acceptors (Lipinski definition) is 6. The maximum atomic E-state index is 12.7. The summed E-state index contributed by atoms with van der Waals surface area (Å²) >= 11 is 0. The minimum absolute atomic E-state index is 0.0833. The highest BCUT2D eigenvalue weighted by atomic mass is 31.2. The number of nitrogens with zero attached hydrogens (tertiary/aromatic N) is 1. The third kappa shape index (κ3) is 43.4. The van der Waals surface area contributed by atoms with E-state index in [4.69, 9.17) is 18.5 Å². The number of phosphoric ester groups is 1. The molecule has 0 radical (unpaired) electrons. The summed E-state index contributed by atoms with van der Waals surface area (Å²) in [5.74, 6) is -0.327. The third-order valence-corrected chi connectivity index (χ3v) is 10.3. The topological polar surface area (TPSA) is 91.3 Å². The standard InChI is InChI=1S/C46H86NO7P/c1-6-8-10-12-14-16-18-20-22-23-24-25-27-29-31-33-35-37-39-46(48)54-45(44-53-55(49,50)52-42-40-47(3,4)5)43-51-41-38-36-34-32-30-28-26-21-19-17-15-13-11-9-7-2/h13,15-16,18-19,21-23,45H,6-12,14,17,20,24-44H2,1-5H3/p+1/b15-13-,18-16-,21-19-,23-22-. The molecule has 0 aliphatic rings. The summed E-state index contributed by atoms with van der Waals surface area (Å²) in [7, 11) is 1.65. The first-order valence-electron chi connectivity index (χ1n) is 22.4. The predicted molar refractivity (Wildman–Crippen MR) is 233 cm³/mol. The van der Waals surface area contributed by atoms with E-state index in [0.29, 0.717) is 24.1 Å². The van der Waals surface area contributed by atoms with Gasteiger partial charge in [-0.05, 0) is 70.6 Å². The third-order valence-electron chi connectivity index (χ3n) is 9.36. The molecule has 0 aliphatic heterocycles. The van der Waals surface area contributed by atoms with E-state index in [2.05, 4.69) is 62.5 Å². The van der Waals surface area contributed by atoms with Gasteiger partial charge in [0.1, 0.15) is 19.3 Å². The zero-order chi connectivity index (χ0) is 40.6. The molecule has 0 aromatic carbocycles. The minimum Gasteiger partial charge on any atom is -0.457 e. The summed E-state index contributed by atoms with van der Waals surface area (Å²) in [5.41, 5.74) is 0. The van der Waals surface area contributed by atoms with Crippen LogP contribution in [0.25, 0.3) is 0 Å². The highest BCUT2D eigenvalue weighted by molar-refractivity contribution is 7.47. The summed E-state index contributed by atoms with van der Waals surface area (Å²) in [5, 5.41) is 0. The van der Waals surface area contributed by atoms with Crippen molar-refractivity contribution >= 4 is 13.8 Å². The monoisotopic (exact) mass is 797 g/mol. The van der Waals surface area contributed by atoms with Gasteiger partial charge in [0.15, 0.2) is 0 Å². The molecule has 2 atom stereocenters. The van der Waals surface area contributed by atoms with E-state index in [1.165, 1.54) is 103 Å². The van der Waals surface area contributed by atoms with E-state index < -0.39 is 13.9 Å². The second kappa shape index (κ2) is 39.3. The molecular formula is C46H87NO7P+. The first-order valence-corrected chi connectivity index (χ1v) is 23.9. The molecule has 0 aliphatic carbocycles. The smallest absolute Gasteiger partial charge is 0.457 e. The van der Waals surface area contributed by atoms with Crippen molar-refractivity contribution in [3.8, 4) is 0 Å². The highest BCUT2D eigenvalue weighted by Crippen LogP contribution is 2.43. The Labute approximate surface area is 339 Å². The zero-order valence-corrected chi connectivity index (χ0v) is 37.3. The molecule has 0 saturated heterocycles. The molecule has 0 aromatic rings. The fourth-order valence-electron chi connectivity index (χ4n) is 5.83. The summed E-state index contributed by atoms with van der Waals surface area (Å²) < 4.78 is 35.0. The van der Waals surface area contributed by atoms with E-state index in [-0.39, 0.29) is 25.8 Å². The van der Waals surface area contributed by atoms with E-state index in [1.807, 2.05) is 21.1 Å². The van der Waals surface area contributed by atoms with Crippen LogP contribution in [-0.4, -0.2) is 75.6 Å². The Kier molecular flexibility index (Phi) is 38.2. The van der Waals surface area contributed by atoms with Crippen molar-refractivity contribution in [2.45, 2.75) is 187 Å². The van der Waals surface area contributed by atoms with Crippen molar-refractivity contribution in [1.82, 2.24) is 0 Å². The van der Waals surface area contributed by atoms with E-state index in [1.54, 1.807) is 0 Å². The maximum Gasteiger partial charge on any atom is 0.472 e. The number of rotatable bonds is 41. The van der Waals surface area contributed by atoms with Crippen molar-refractivity contribution in [3.05, 3.63) is 48.6 Å². The summed E-state index contributed by atoms with van der Waals surface area (Å²) in [6, 6.07) is 0. The van der Waals surface area contributed by atoms with Gasteiger partial charge < -0.3 is 18.9 Å². The first-order chi connectivity index (χ1) is 26.6. The molecule has 0 bridgehead atoms. The van der Waals surface area contributed by atoms with Crippen LogP contribution >= 0.6 is 7.82 Å². The van der Waals surface area contributed by atoms with Crippen LogP contribution in [0.5, 0.6) is 0 Å². The van der Waals surface area contributed by atoms with Gasteiger partial charge in [-0.2, -0.15) is 0 Å². The Morgan fingerprint density at radius 1 is 0.564 bits per heavy atom. The molecule has 0 rings (SSSR count). The second-order valence-corrected chi connectivity index (χ2v) is 17.5. The fourth-order valence-corrected chi connectivity index (χ4v) is 6.58. The highest BCUT2D eigenvalue weighted by Gasteiger charge is 2.26. The van der Waals surface area contributed by atoms with Gasteiger partial charge in [-0.3, -0.25) is 13.8 Å². The largest absolute Gasteiger partial charge is 0.472 e. The van der Waals surface area contributed by atoms with Crippen LogP contribution in [0.4, 0.5) is 0 Å². The van der Waals surface area contributed by atoms with Crippen molar-refractivity contribution in [1.29, 1.82) is 0 Å². The van der Waals surface area contributed by atoms with Gasteiger partial charge in [-0.25, -0.2) is 4.57 Å². The van der Waals surface area contributed by atoms with Crippen LogP contribution in [0, 0.1) is 0 Å². The van der Waals surface area contributed by atoms with Crippen LogP contribution in [0.1, 0.15) is 181 Å². The molecule has 0 saturated carbocycles. The van der Waals surface area contributed by atoms with Crippen LogP contribution in [0.3, 0.4) is 0 Å². The molecule has 1 N–H and O–H groups in total.